The van der Waals surface area contributed by atoms with Gasteiger partial charge in [-0.2, -0.15) is 11.8 Å². The summed E-state index contributed by atoms with van der Waals surface area (Å²) < 4.78 is 11.0. The van der Waals surface area contributed by atoms with Crippen LogP contribution in [0.4, 0.5) is 0 Å². The van der Waals surface area contributed by atoms with Crippen LogP contribution in [0.25, 0.3) is 0 Å². The lowest BCUT2D eigenvalue weighted by Crippen LogP contribution is -2.50. The lowest BCUT2D eigenvalue weighted by atomic mass is 9.82. The Morgan fingerprint density at radius 1 is 1.56 bits per heavy atom. The van der Waals surface area contributed by atoms with E-state index in [2.05, 4.69) is 26.1 Å². The van der Waals surface area contributed by atoms with Crippen molar-refractivity contribution in [3.05, 3.63) is 0 Å². The average molecular weight is 263 g/mol. The van der Waals surface area contributed by atoms with Crippen LogP contribution in [-0.2, 0) is 10.8 Å². The molecule has 1 saturated heterocycles. The summed E-state index contributed by atoms with van der Waals surface area (Å²) in [4.78, 5) is 0. The zero-order valence-electron chi connectivity index (χ0n) is 10.9. The molecule has 3 unspecified atom stereocenters. The highest BCUT2D eigenvalue weighted by atomic mass is 32.2. The quantitative estimate of drug-likeness (QED) is 0.825. The molecule has 0 spiro atoms. The molecule has 1 rings (SSSR count). The van der Waals surface area contributed by atoms with E-state index in [4.69, 9.17) is 0 Å². The van der Waals surface area contributed by atoms with E-state index in [0.29, 0.717) is 17.5 Å². The molecule has 4 heteroatoms. The topological polar surface area (TPSA) is 29.1 Å². The van der Waals surface area contributed by atoms with Gasteiger partial charge < -0.3 is 5.32 Å². The van der Waals surface area contributed by atoms with Gasteiger partial charge in [-0.15, -0.1) is 0 Å². The van der Waals surface area contributed by atoms with E-state index in [9.17, 15) is 4.21 Å². The molecule has 96 valence electrons. The molecule has 1 N–H and O–H groups in total. The summed E-state index contributed by atoms with van der Waals surface area (Å²) in [5.74, 6) is 3.32. The Labute approximate surface area is 107 Å². The molecule has 1 aliphatic heterocycles. The molecule has 0 amide bonds. The second kappa shape index (κ2) is 6.41. The fraction of sp³-hybridized carbons (Fsp3) is 1.00. The Kier molecular flexibility index (Phi) is 5.82. The number of hydrogen-bond acceptors (Lipinski definition) is 3. The molecule has 2 nitrogen and oxygen atoms in total. The van der Waals surface area contributed by atoms with Crippen molar-refractivity contribution in [2.24, 2.45) is 5.41 Å². The van der Waals surface area contributed by atoms with Gasteiger partial charge in [-0.1, -0.05) is 13.8 Å². The summed E-state index contributed by atoms with van der Waals surface area (Å²) in [7, 11) is -0.657. The summed E-state index contributed by atoms with van der Waals surface area (Å²) in [5.41, 5.74) is 0.408. The summed E-state index contributed by atoms with van der Waals surface area (Å²) in [6.45, 7) is 6.92. The number of nitrogens with one attached hydrogen (secondary N) is 1. The summed E-state index contributed by atoms with van der Waals surface area (Å²) >= 11 is 2.05. The monoisotopic (exact) mass is 263 g/mol. The molecular formula is C12H25NOS2. The number of hydrogen-bond donors (Lipinski definition) is 1. The summed E-state index contributed by atoms with van der Waals surface area (Å²) in [6.07, 6.45) is 4.09. The minimum atomic E-state index is -0.657. The van der Waals surface area contributed by atoms with Crippen molar-refractivity contribution < 1.29 is 4.21 Å². The summed E-state index contributed by atoms with van der Waals surface area (Å²) in [5, 5.41) is 3.71. The van der Waals surface area contributed by atoms with Crippen molar-refractivity contribution in [1.82, 2.24) is 5.32 Å². The summed E-state index contributed by atoms with van der Waals surface area (Å²) in [6, 6.07) is 1.08. The van der Waals surface area contributed by atoms with Crippen LogP contribution in [0, 0.1) is 5.41 Å². The molecule has 0 radical (unpaired) electrons. The molecule has 0 aromatic carbocycles. The van der Waals surface area contributed by atoms with E-state index in [1.807, 2.05) is 11.8 Å². The second-order valence-corrected chi connectivity index (χ2v) is 8.20. The van der Waals surface area contributed by atoms with Crippen molar-refractivity contribution in [1.29, 1.82) is 0 Å². The molecule has 0 aromatic heterocycles. The highest BCUT2D eigenvalue weighted by molar-refractivity contribution is 7.99. The molecule has 16 heavy (non-hydrogen) atoms. The van der Waals surface area contributed by atoms with Gasteiger partial charge in [-0.05, 0) is 30.9 Å². The highest BCUT2D eigenvalue weighted by Crippen LogP contribution is 2.34. The minimum absolute atomic E-state index is 0.408. The van der Waals surface area contributed by atoms with E-state index < -0.39 is 10.8 Å². The first-order valence-electron chi connectivity index (χ1n) is 6.05. The van der Waals surface area contributed by atoms with Crippen molar-refractivity contribution in [2.45, 2.75) is 45.7 Å². The molecular weight excluding hydrogens is 238 g/mol. The number of rotatable bonds is 5. The predicted octanol–water partition coefficient (Wildman–Crippen LogP) is 2.26. The molecule has 0 aliphatic carbocycles. The van der Waals surface area contributed by atoms with Crippen molar-refractivity contribution in [3.8, 4) is 0 Å². The molecule has 1 heterocycles. The Hall–Kier alpha value is 0.460. The Morgan fingerprint density at radius 2 is 2.25 bits per heavy atom. The van der Waals surface area contributed by atoms with Crippen LogP contribution in [0.15, 0.2) is 0 Å². The Morgan fingerprint density at radius 3 is 2.81 bits per heavy atom. The SMILES string of the molecule is CC(CCS(C)=O)NC1CSCCC1(C)C. The third-order valence-electron chi connectivity index (χ3n) is 3.44. The van der Waals surface area contributed by atoms with Gasteiger partial charge in [0.2, 0.25) is 0 Å². The van der Waals surface area contributed by atoms with Crippen LogP contribution in [0.5, 0.6) is 0 Å². The van der Waals surface area contributed by atoms with Gasteiger partial charge in [-0.25, -0.2) is 0 Å². The van der Waals surface area contributed by atoms with Crippen molar-refractivity contribution in [2.75, 3.05) is 23.5 Å². The zero-order chi connectivity index (χ0) is 12.2. The van der Waals surface area contributed by atoms with E-state index >= 15 is 0 Å². The minimum Gasteiger partial charge on any atom is -0.310 e. The average Bonchev–Trinajstić information content (AvgIpc) is 2.18. The van der Waals surface area contributed by atoms with Gasteiger partial charge in [0.1, 0.15) is 0 Å². The fourth-order valence-corrected chi connectivity index (χ4v) is 4.29. The van der Waals surface area contributed by atoms with Crippen LogP contribution < -0.4 is 5.32 Å². The normalized spacial score (nSPS) is 28.6. The lowest BCUT2D eigenvalue weighted by molar-refractivity contribution is 0.230. The van der Waals surface area contributed by atoms with Crippen LogP contribution in [0.1, 0.15) is 33.6 Å². The molecule has 3 atom stereocenters. The van der Waals surface area contributed by atoms with Crippen LogP contribution in [0.3, 0.4) is 0 Å². The molecule has 0 bridgehead atoms. The molecule has 0 aromatic rings. The first-order valence-corrected chi connectivity index (χ1v) is 8.94. The first-order chi connectivity index (χ1) is 7.42. The standard InChI is InChI=1S/C12H25NOS2/c1-10(5-8-16(4)14)13-11-9-15-7-6-12(11,2)3/h10-11,13H,5-9H2,1-4H3. The largest absolute Gasteiger partial charge is 0.310 e. The van der Waals surface area contributed by atoms with E-state index in [1.54, 1.807) is 6.26 Å². The zero-order valence-corrected chi connectivity index (χ0v) is 12.5. The van der Waals surface area contributed by atoms with Crippen molar-refractivity contribution in [3.63, 3.8) is 0 Å². The maximum atomic E-state index is 11.0. The third-order valence-corrected chi connectivity index (χ3v) is 5.32. The van der Waals surface area contributed by atoms with Crippen molar-refractivity contribution >= 4 is 22.6 Å². The van der Waals surface area contributed by atoms with Gasteiger partial charge in [-0.3, -0.25) is 4.21 Å². The first kappa shape index (κ1) is 14.5. The molecule has 1 aliphatic rings. The van der Waals surface area contributed by atoms with E-state index in [-0.39, 0.29) is 0 Å². The molecule has 0 saturated carbocycles. The van der Waals surface area contributed by atoms with Crippen LogP contribution in [0.2, 0.25) is 0 Å². The van der Waals surface area contributed by atoms with E-state index in [1.165, 1.54) is 17.9 Å². The van der Waals surface area contributed by atoms with Gasteiger partial charge in [0, 0.05) is 40.6 Å². The maximum absolute atomic E-state index is 11.0. The van der Waals surface area contributed by atoms with Gasteiger partial charge in [0.05, 0.1) is 0 Å². The Balaban J connectivity index is 2.36. The van der Waals surface area contributed by atoms with Gasteiger partial charge >= 0.3 is 0 Å². The van der Waals surface area contributed by atoms with E-state index in [0.717, 1.165) is 12.2 Å². The second-order valence-electron chi connectivity index (χ2n) is 5.50. The third kappa shape index (κ3) is 4.76. The van der Waals surface area contributed by atoms with Gasteiger partial charge in [0.15, 0.2) is 0 Å². The smallest absolute Gasteiger partial charge is 0.0246 e. The lowest BCUT2D eigenvalue weighted by Gasteiger charge is -2.40. The maximum Gasteiger partial charge on any atom is 0.0246 e. The highest BCUT2D eigenvalue weighted by Gasteiger charge is 2.32. The van der Waals surface area contributed by atoms with Crippen LogP contribution >= 0.6 is 11.8 Å². The fourth-order valence-electron chi connectivity index (χ4n) is 1.98. The number of thioether (sulfide) groups is 1. The van der Waals surface area contributed by atoms with Crippen LogP contribution in [-0.4, -0.2) is 39.8 Å². The Bertz CT molecular complexity index is 243. The molecule has 1 fully saturated rings. The van der Waals surface area contributed by atoms with Gasteiger partial charge in [0.25, 0.3) is 0 Å². The predicted molar refractivity (Wildman–Crippen MR) is 75.7 cm³/mol.